The van der Waals surface area contributed by atoms with Crippen LogP contribution < -0.4 is 19.5 Å². The number of ether oxygens (including phenoxy) is 3. The molecule has 0 radical (unpaired) electrons. The van der Waals surface area contributed by atoms with Crippen molar-refractivity contribution in [1.29, 1.82) is 0 Å². The van der Waals surface area contributed by atoms with E-state index in [4.69, 9.17) is 14.2 Å². The first-order valence-electron chi connectivity index (χ1n) is 7.31. The lowest BCUT2D eigenvalue weighted by Gasteiger charge is -2.10. The number of phenolic OH excluding ortho intramolecular Hbond substituents is 1. The van der Waals surface area contributed by atoms with E-state index in [1.807, 2.05) is 18.2 Å². The maximum Gasteiger partial charge on any atom is 0.251 e. The molecule has 0 unspecified atom stereocenters. The Morgan fingerprint density at radius 2 is 2.08 bits per heavy atom. The highest BCUT2D eigenvalue weighted by Crippen LogP contribution is 2.35. The standard InChI is InChI=1S/C17H16BrNO5/c1-22-15-8-11(7-12(18)16(15)20)17(21)19-5-4-10-2-3-13-14(6-10)24-9-23-13/h2-3,6-8,20H,4-5,9H2,1H3,(H,19,21). The number of carbonyl (C=O) groups excluding carboxylic acids is 1. The number of methoxy groups -OCH3 is 1. The zero-order valence-electron chi connectivity index (χ0n) is 13.0. The Kier molecular flexibility index (Phi) is 4.80. The molecule has 1 aliphatic rings. The molecule has 1 amide bonds. The molecule has 0 atom stereocenters. The fourth-order valence-electron chi connectivity index (χ4n) is 2.38. The lowest BCUT2D eigenvalue weighted by atomic mass is 10.1. The van der Waals surface area contributed by atoms with Gasteiger partial charge in [0.15, 0.2) is 23.0 Å². The minimum absolute atomic E-state index is 0.0330. The van der Waals surface area contributed by atoms with Crippen LogP contribution in [0.25, 0.3) is 0 Å². The molecule has 3 rings (SSSR count). The summed E-state index contributed by atoms with van der Waals surface area (Å²) < 4.78 is 16.1. The Bertz CT molecular complexity index is 778. The number of hydrogen-bond donors (Lipinski definition) is 2. The van der Waals surface area contributed by atoms with Crippen LogP contribution in [0.1, 0.15) is 15.9 Å². The number of nitrogens with one attached hydrogen (secondary N) is 1. The lowest BCUT2D eigenvalue weighted by molar-refractivity contribution is 0.0953. The van der Waals surface area contributed by atoms with Crippen molar-refractivity contribution < 1.29 is 24.1 Å². The first-order valence-corrected chi connectivity index (χ1v) is 8.11. The van der Waals surface area contributed by atoms with Gasteiger partial charge in [-0.15, -0.1) is 0 Å². The van der Waals surface area contributed by atoms with E-state index in [1.165, 1.54) is 13.2 Å². The summed E-state index contributed by atoms with van der Waals surface area (Å²) in [5.74, 6) is 1.43. The maximum atomic E-state index is 12.2. The predicted molar refractivity (Wildman–Crippen MR) is 91.0 cm³/mol. The Hall–Kier alpha value is -2.41. The van der Waals surface area contributed by atoms with Crippen molar-refractivity contribution in [2.75, 3.05) is 20.4 Å². The highest BCUT2D eigenvalue weighted by Gasteiger charge is 2.15. The number of carbonyl (C=O) groups is 1. The summed E-state index contributed by atoms with van der Waals surface area (Å²) in [4.78, 5) is 12.2. The fourth-order valence-corrected chi connectivity index (χ4v) is 2.82. The number of aromatic hydroxyl groups is 1. The van der Waals surface area contributed by atoms with Gasteiger partial charge in [0.25, 0.3) is 5.91 Å². The summed E-state index contributed by atoms with van der Waals surface area (Å²) in [6.45, 7) is 0.715. The number of benzene rings is 2. The van der Waals surface area contributed by atoms with Crippen LogP contribution in [-0.2, 0) is 6.42 Å². The van der Waals surface area contributed by atoms with Crippen LogP contribution in [0, 0.1) is 0 Å². The largest absolute Gasteiger partial charge is 0.503 e. The molecule has 2 aromatic carbocycles. The van der Waals surface area contributed by atoms with Gasteiger partial charge < -0.3 is 24.6 Å². The van der Waals surface area contributed by atoms with Crippen molar-refractivity contribution in [2.24, 2.45) is 0 Å². The molecule has 1 heterocycles. The second-order valence-corrected chi connectivity index (χ2v) is 6.06. The van der Waals surface area contributed by atoms with Gasteiger partial charge in [-0.3, -0.25) is 4.79 Å². The minimum atomic E-state index is -0.241. The third kappa shape index (κ3) is 3.41. The molecule has 0 bridgehead atoms. The van der Waals surface area contributed by atoms with Crippen LogP contribution in [0.2, 0.25) is 0 Å². The van der Waals surface area contributed by atoms with Crippen LogP contribution in [0.15, 0.2) is 34.8 Å². The van der Waals surface area contributed by atoms with Crippen LogP contribution >= 0.6 is 15.9 Å². The van der Waals surface area contributed by atoms with Crippen LogP contribution in [0.5, 0.6) is 23.0 Å². The first kappa shape index (κ1) is 16.4. The summed E-state index contributed by atoms with van der Waals surface area (Å²) in [6.07, 6.45) is 0.665. The SMILES string of the molecule is COc1cc(C(=O)NCCc2ccc3c(c2)OCO3)cc(Br)c1O. The smallest absolute Gasteiger partial charge is 0.251 e. The molecule has 2 aromatic rings. The second kappa shape index (κ2) is 7.00. The molecule has 6 nitrogen and oxygen atoms in total. The zero-order chi connectivity index (χ0) is 17.1. The van der Waals surface area contributed by atoms with Crippen molar-refractivity contribution in [3.05, 3.63) is 45.9 Å². The van der Waals surface area contributed by atoms with Gasteiger partial charge in [0.05, 0.1) is 11.6 Å². The molecule has 0 saturated carbocycles. The van der Waals surface area contributed by atoms with E-state index < -0.39 is 0 Å². The van der Waals surface area contributed by atoms with Crippen LogP contribution in [0.4, 0.5) is 0 Å². The van der Waals surface area contributed by atoms with Crippen molar-refractivity contribution >= 4 is 21.8 Å². The molecule has 2 N–H and O–H groups in total. The number of phenols is 1. The normalized spacial score (nSPS) is 12.1. The number of hydrogen-bond acceptors (Lipinski definition) is 5. The number of halogens is 1. The minimum Gasteiger partial charge on any atom is -0.503 e. The fraction of sp³-hybridized carbons (Fsp3) is 0.235. The highest BCUT2D eigenvalue weighted by molar-refractivity contribution is 9.10. The molecular formula is C17H16BrNO5. The Morgan fingerprint density at radius 1 is 1.29 bits per heavy atom. The lowest BCUT2D eigenvalue weighted by Crippen LogP contribution is -2.25. The van der Waals surface area contributed by atoms with E-state index in [9.17, 15) is 9.90 Å². The average Bonchev–Trinajstić information content (AvgIpc) is 3.04. The van der Waals surface area contributed by atoms with Crippen molar-refractivity contribution in [1.82, 2.24) is 5.32 Å². The number of amides is 1. The van der Waals surface area contributed by atoms with Crippen molar-refractivity contribution in [3.63, 3.8) is 0 Å². The van der Waals surface area contributed by atoms with E-state index in [0.29, 0.717) is 23.0 Å². The Balaban J connectivity index is 1.61. The summed E-state index contributed by atoms with van der Waals surface area (Å²) in [6, 6.07) is 8.76. The first-order chi connectivity index (χ1) is 11.6. The molecule has 0 spiro atoms. The van der Waals surface area contributed by atoms with Gasteiger partial charge in [-0.2, -0.15) is 0 Å². The van der Waals surface area contributed by atoms with E-state index in [2.05, 4.69) is 21.2 Å². The predicted octanol–water partition coefficient (Wildman–Crippen LogP) is 2.86. The van der Waals surface area contributed by atoms with E-state index in [0.717, 1.165) is 17.1 Å². The number of fused-ring (bicyclic) bond motifs is 1. The molecule has 0 saturated heterocycles. The van der Waals surface area contributed by atoms with Gasteiger partial charge in [-0.05, 0) is 52.2 Å². The molecule has 126 valence electrons. The van der Waals surface area contributed by atoms with Gasteiger partial charge >= 0.3 is 0 Å². The second-order valence-electron chi connectivity index (χ2n) is 5.20. The summed E-state index contributed by atoms with van der Waals surface area (Å²) in [5.41, 5.74) is 1.45. The number of rotatable bonds is 5. The van der Waals surface area contributed by atoms with Gasteiger partial charge in [-0.1, -0.05) is 6.07 Å². The zero-order valence-corrected chi connectivity index (χ0v) is 14.6. The van der Waals surface area contributed by atoms with Gasteiger partial charge in [0.2, 0.25) is 6.79 Å². The maximum absolute atomic E-state index is 12.2. The molecule has 0 aliphatic carbocycles. The van der Waals surface area contributed by atoms with E-state index in [1.54, 1.807) is 6.07 Å². The van der Waals surface area contributed by atoms with Crippen LogP contribution in [0.3, 0.4) is 0 Å². The summed E-state index contributed by atoms with van der Waals surface area (Å²) >= 11 is 3.20. The van der Waals surface area contributed by atoms with Crippen LogP contribution in [-0.4, -0.2) is 31.5 Å². The van der Waals surface area contributed by atoms with E-state index in [-0.39, 0.29) is 24.2 Å². The topological polar surface area (TPSA) is 77.0 Å². The van der Waals surface area contributed by atoms with E-state index >= 15 is 0 Å². The van der Waals surface area contributed by atoms with Crippen molar-refractivity contribution in [3.8, 4) is 23.0 Å². The van der Waals surface area contributed by atoms with Gasteiger partial charge in [0.1, 0.15) is 0 Å². The summed E-state index contributed by atoms with van der Waals surface area (Å²) in [5, 5.41) is 12.6. The molecular weight excluding hydrogens is 378 g/mol. The monoisotopic (exact) mass is 393 g/mol. The molecule has 7 heteroatoms. The van der Waals surface area contributed by atoms with Gasteiger partial charge in [0, 0.05) is 12.1 Å². The molecule has 24 heavy (non-hydrogen) atoms. The van der Waals surface area contributed by atoms with Crippen molar-refractivity contribution in [2.45, 2.75) is 6.42 Å². The molecule has 0 aromatic heterocycles. The quantitative estimate of drug-likeness (QED) is 0.816. The Morgan fingerprint density at radius 3 is 2.88 bits per heavy atom. The van der Waals surface area contributed by atoms with Gasteiger partial charge in [-0.25, -0.2) is 0 Å². The average molecular weight is 394 g/mol. The third-order valence-corrected chi connectivity index (χ3v) is 4.25. The molecule has 1 aliphatic heterocycles. The summed E-state index contributed by atoms with van der Waals surface area (Å²) in [7, 11) is 1.43. The Labute approximate surface area is 147 Å². The molecule has 0 fully saturated rings. The highest BCUT2D eigenvalue weighted by atomic mass is 79.9. The third-order valence-electron chi connectivity index (χ3n) is 3.65.